The molecule has 6 unspecified atom stereocenters. The molecule has 7 rings (SSSR count). The molecule has 4 aliphatic carbocycles. The van der Waals surface area contributed by atoms with Gasteiger partial charge in [-0.2, -0.15) is 0 Å². The highest BCUT2D eigenvalue weighted by atomic mass is 16.7. The summed E-state index contributed by atoms with van der Waals surface area (Å²) < 4.78 is 23.4. The van der Waals surface area contributed by atoms with E-state index in [1.165, 1.54) is 0 Å². The topological polar surface area (TPSA) is 199 Å². The molecular formula is C34H52O12. The quantitative estimate of drug-likeness (QED) is 0.152. The Labute approximate surface area is 269 Å². The smallest absolute Gasteiger partial charge is 0.336 e. The van der Waals surface area contributed by atoms with Gasteiger partial charge in [0.2, 0.25) is 0 Å². The average Bonchev–Trinajstić information content (AvgIpc) is 3.65. The van der Waals surface area contributed by atoms with E-state index >= 15 is 0 Å². The van der Waals surface area contributed by atoms with Gasteiger partial charge in [0.05, 0.1) is 37.1 Å². The van der Waals surface area contributed by atoms with Crippen molar-refractivity contribution in [2.45, 2.75) is 139 Å². The Morgan fingerprint density at radius 2 is 1.72 bits per heavy atom. The van der Waals surface area contributed by atoms with Crippen LogP contribution in [0.4, 0.5) is 0 Å². The summed E-state index contributed by atoms with van der Waals surface area (Å²) in [6, 6.07) is 0. The summed E-state index contributed by atoms with van der Waals surface area (Å²) >= 11 is 0. The summed E-state index contributed by atoms with van der Waals surface area (Å²) in [5.74, 6) is 0.917. The molecule has 3 heterocycles. The van der Waals surface area contributed by atoms with Gasteiger partial charge in [0.15, 0.2) is 6.29 Å². The van der Waals surface area contributed by atoms with E-state index in [9.17, 15) is 40.5 Å². The lowest BCUT2D eigenvalue weighted by Crippen LogP contribution is -2.69. The van der Waals surface area contributed by atoms with Crippen LogP contribution in [0.3, 0.4) is 0 Å². The summed E-state index contributed by atoms with van der Waals surface area (Å²) in [6.07, 6.45) is -4.70. The maximum Gasteiger partial charge on any atom is 0.336 e. The van der Waals surface area contributed by atoms with Crippen LogP contribution in [0, 0.1) is 40.4 Å². The van der Waals surface area contributed by atoms with Crippen molar-refractivity contribution < 1.29 is 59.5 Å². The van der Waals surface area contributed by atoms with Gasteiger partial charge in [0.1, 0.15) is 42.2 Å². The zero-order valence-corrected chi connectivity index (χ0v) is 27.2. The standard InChI is InChI=1S/C34H52O12/c1-14-9-22(44-30(42)17(14)13-43-31-28(40)27(39)26(38)23(12-35)45-31)15(2)18-5-6-19-16-10-25-34(46-25)29(41)21(36)11-24(37)33(34,4)20(16)7-8-32(18,19)3/h15-16,18-29,31,35-41H,5-13H2,1-4H3/t15-,16?,18?,19?,20?,21-,22?,23+,24?,25+,26+,27-,28+,29-,31+,32+,33-,34-/m0/s1. The number of carbonyl (C=O) groups is 1. The van der Waals surface area contributed by atoms with Crippen LogP contribution in [0.2, 0.25) is 0 Å². The summed E-state index contributed by atoms with van der Waals surface area (Å²) in [5, 5.41) is 72.8. The molecule has 260 valence electrons. The number of hydrogen-bond acceptors (Lipinski definition) is 12. The van der Waals surface area contributed by atoms with Crippen molar-refractivity contribution in [2.24, 2.45) is 40.4 Å². The van der Waals surface area contributed by atoms with Gasteiger partial charge >= 0.3 is 5.97 Å². The van der Waals surface area contributed by atoms with Crippen molar-refractivity contribution in [3.8, 4) is 0 Å². The van der Waals surface area contributed by atoms with Gasteiger partial charge in [-0.1, -0.05) is 26.3 Å². The van der Waals surface area contributed by atoms with Crippen LogP contribution >= 0.6 is 0 Å². The fourth-order valence-electron chi connectivity index (χ4n) is 11.6. The molecule has 0 radical (unpaired) electrons. The highest BCUT2D eigenvalue weighted by molar-refractivity contribution is 5.90. The number of aliphatic hydroxyl groups is 7. The largest absolute Gasteiger partial charge is 0.458 e. The lowest BCUT2D eigenvalue weighted by molar-refractivity contribution is -0.299. The van der Waals surface area contributed by atoms with E-state index in [0.717, 1.165) is 37.7 Å². The maximum atomic E-state index is 13.3. The molecular weight excluding hydrogens is 600 g/mol. The molecule has 18 atom stereocenters. The van der Waals surface area contributed by atoms with Crippen molar-refractivity contribution in [3.05, 3.63) is 11.1 Å². The molecule has 0 aromatic heterocycles. The summed E-state index contributed by atoms with van der Waals surface area (Å²) in [6.45, 7) is 7.76. The minimum atomic E-state index is -1.57. The number of carbonyl (C=O) groups excluding carboxylic acids is 1. The number of rotatable bonds is 6. The number of fused-ring (bicyclic) bond motifs is 4. The van der Waals surface area contributed by atoms with E-state index in [1.807, 2.05) is 6.92 Å². The molecule has 0 bridgehead atoms. The Morgan fingerprint density at radius 1 is 0.978 bits per heavy atom. The van der Waals surface area contributed by atoms with Gasteiger partial charge in [0.25, 0.3) is 0 Å². The normalized spacial score (nSPS) is 55.5. The lowest BCUT2D eigenvalue weighted by Gasteiger charge is -2.61. The maximum absolute atomic E-state index is 13.3. The van der Waals surface area contributed by atoms with Crippen molar-refractivity contribution in [3.63, 3.8) is 0 Å². The number of hydrogen-bond donors (Lipinski definition) is 7. The van der Waals surface area contributed by atoms with E-state index < -0.39 is 72.6 Å². The Morgan fingerprint density at radius 3 is 2.41 bits per heavy atom. The molecule has 7 N–H and O–H groups in total. The van der Waals surface area contributed by atoms with Gasteiger partial charge in [-0.25, -0.2) is 4.79 Å². The van der Waals surface area contributed by atoms with Crippen molar-refractivity contribution in [2.75, 3.05) is 13.2 Å². The van der Waals surface area contributed by atoms with Crippen molar-refractivity contribution >= 4 is 5.97 Å². The Bertz CT molecular complexity index is 1240. The monoisotopic (exact) mass is 652 g/mol. The van der Waals surface area contributed by atoms with E-state index in [1.54, 1.807) is 0 Å². The molecule has 12 nitrogen and oxygen atoms in total. The molecule has 6 fully saturated rings. The van der Waals surface area contributed by atoms with Gasteiger partial charge in [-0.05, 0) is 74.0 Å². The minimum absolute atomic E-state index is 0.0279. The third-order valence-electron chi connectivity index (χ3n) is 14.3. The summed E-state index contributed by atoms with van der Waals surface area (Å²) in [7, 11) is 0. The second-order valence-corrected chi connectivity index (χ2v) is 16.1. The molecule has 4 saturated carbocycles. The van der Waals surface area contributed by atoms with Crippen LogP contribution in [0.25, 0.3) is 0 Å². The molecule has 7 aliphatic rings. The number of epoxide rings is 1. The first-order valence-corrected chi connectivity index (χ1v) is 17.2. The van der Waals surface area contributed by atoms with E-state index in [2.05, 4.69) is 20.8 Å². The highest BCUT2D eigenvalue weighted by Crippen LogP contribution is 2.74. The zero-order valence-electron chi connectivity index (χ0n) is 27.2. The number of esters is 1. The number of ether oxygens (including phenoxy) is 4. The van der Waals surface area contributed by atoms with Gasteiger partial charge in [-0.15, -0.1) is 0 Å². The van der Waals surface area contributed by atoms with Crippen LogP contribution < -0.4 is 0 Å². The Kier molecular flexibility index (Phi) is 8.28. The second kappa shape index (κ2) is 11.4. The van der Waals surface area contributed by atoms with Crippen LogP contribution in [-0.4, -0.2) is 122 Å². The number of aliphatic hydroxyl groups excluding tert-OH is 7. The van der Waals surface area contributed by atoms with Crippen LogP contribution in [0.5, 0.6) is 0 Å². The van der Waals surface area contributed by atoms with Crippen molar-refractivity contribution in [1.29, 1.82) is 0 Å². The van der Waals surface area contributed by atoms with Gasteiger partial charge in [0, 0.05) is 18.3 Å². The molecule has 0 aromatic carbocycles. The molecule has 12 heteroatoms. The molecule has 0 amide bonds. The first kappa shape index (κ1) is 33.3. The van der Waals surface area contributed by atoms with E-state index in [0.29, 0.717) is 29.7 Å². The lowest BCUT2D eigenvalue weighted by atomic mass is 9.43. The van der Waals surface area contributed by atoms with E-state index in [4.69, 9.17) is 18.9 Å². The summed E-state index contributed by atoms with van der Waals surface area (Å²) in [4.78, 5) is 13.3. The molecule has 3 aliphatic heterocycles. The Hall–Kier alpha value is -1.19. The number of cyclic esters (lactones) is 1. The highest BCUT2D eigenvalue weighted by Gasteiger charge is 2.81. The second-order valence-electron chi connectivity index (χ2n) is 16.1. The molecule has 46 heavy (non-hydrogen) atoms. The van der Waals surface area contributed by atoms with E-state index in [-0.39, 0.29) is 42.5 Å². The molecule has 0 aromatic rings. The Balaban J connectivity index is 1.03. The fourth-order valence-corrected chi connectivity index (χ4v) is 11.6. The third-order valence-corrected chi connectivity index (χ3v) is 14.3. The van der Waals surface area contributed by atoms with Gasteiger partial charge < -0.3 is 54.7 Å². The summed E-state index contributed by atoms with van der Waals surface area (Å²) in [5.41, 5.74) is -0.290. The van der Waals surface area contributed by atoms with Crippen LogP contribution in [0.1, 0.15) is 72.6 Å². The fraction of sp³-hybridized carbons (Fsp3) is 0.912. The third kappa shape index (κ3) is 4.51. The molecule has 2 saturated heterocycles. The van der Waals surface area contributed by atoms with Gasteiger partial charge in [-0.3, -0.25) is 0 Å². The predicted octanol–water partition coefficient (Wildman–Crippen LogP) is 0.164. The minimum Gasteiger partial charge on any atom is -0.458 e. The van der Waals surface area contributed by atoms with Crippen molar-refractivity contribution in [1.82, 2.24) is 0 Å². The zero-order chi connectivity index (χ0) is 33.1. The van der Waals surface area contributed by atoms with Crippen LogP contribution in [0.15, 0.2) is 11.1 Å². The first-order valence-electron chi connectivity index (χ1n) is 17.2. The SMILES string of the molecule is CC1=C(CO[C@@H]2O[C@H](CO)[C@@H](O)[C@H](O)[C@H]2O)C(=O)OC([C@@H](C)C2CCC3C4C[C@H]5O[C@]56[C@@H](O)[C@@H](O)CC(O)[C@]6(C)C4CC[C@@]32C)C1. The predicted molar refractivity (Wildman–Crippen MR) is 160 cm³/mol. The van der Waals surface area contributed by atoms with Crippen LogP contribution in [-0.2, 0) is 23.7 Å². The molecule has 1 spiro atoms. The average molecular weight is 653 g/mol. The first-order chi connectivity index (χ1) is 21.7.